The molecule has 0 spiro atoms. The van der Waals surface area contributed by atoms with Gasteiger partial charge >= 0.3 is 5.97 Å². The quantitative estimate of drug-likeness (QED) is 0.610. The van der Waals surface area contributed by atoms with Crippen LogP contribution in [0.15, 0.2) is 42.6 Å². The van der Waals surface area contributed by atoms with Crippen molar-refractivity contribution < 1.29 is 14.3 Å². The summed E-state index contributed by atoms with van der Waals surface area (Å²) in [6.45, 7) is 0. The molecule has 3 rings (SSSR count). The van der Waals surface area contributed by atoms with E-state index in [0.717, 1.165) is 18.7 Å². The summed E-state index contributed by atoms with van der Waals surface area (Å²) in [6, 6.07) is 10.5. The first-order chi connectivity index (χ1) is 13.2. The van der Waals surface area contributed by atoms with Crippen molar-refractivity contribution in [2.24, 2.45) is 0 Å². The van der Waals surface area contributed by atoms with Gasteiger partial charge < -0.3 is 15.4 Å². The summed E-state index contributed by atoms with van der Waals surface area (Å²) in [5.41, 5.74) is 1.45. The zero-order chi connectivity index (χ0) is 19.1. The molecule has 1 amide bonds. The average Bonchev–Trinajstić information content (AvgIpc) is 2.96. The third kappa shape index (κ3) is 5.29. The molecule has 1 fully saturated rings. The third-order valence-electron chi connectivity index (χ3n) is 4.77. The SMILES string of the molecule is COC(=O)c1cccc(NC(=O)c2ccnc(NC3CCCCCC3)c2)c1. The van der Waals surface area contributed by atoms with Gasteiger partial charge in [-0.05, 0) is 43.2 Å². The number of rotatable bonds is 5. The van der Waals surface area contributed by atoms with Crippen molar-refractivity contribution in [3.63, 3.8) is 0 Å². The van der Waals surface area contributed by atoms with Crippen LogP contribution in [0.5, 0.6) is 0 Å². The van der Waals surface area contributed by atoms with E-state index >= 15 is 0 Å². The molecule has 6 heteroatoms. The molecule has 1 heterocycles. The van der Waals surface area contributed by atoms with Crippen LogP contribution < -0.4 is 10.6 Å². The van der Waals surface area contributed by atoms with Crippen LogP contribution in [0.25, 0.3) is 0 Å². The molecule has 1 aliphatic carbocycles. The van der Waals surface area contributed by atoms with Gasteiger partial charge in [0.05, 0.1) is 12.7 Å². The lowest BCUT2D eigenvalue weighted by molar-refractivity contribution is 0.0600. The number of amides is 1. The van der Waals surface area contributed by atoms with Gasteiger partial charge in [-0.1, -0.05) is 31.7 Å². The van der Waals surface area contributed by atoms with Crippen molar-refractivity contribution in [2.75, 3.05) is 17.7 Å². The number of carbonyl (C=O) groups excluding carboxylic acids is 2. The maximum atomic E-state index is 12.6. The second-order valence-corrected chi connectivity index (χ2v) is 6.79. The fourth-order valence-electron chi connectivity index (χ4n) is 3.33. The summed E-state index contributed by atoms with van der Waals surface area (Å²) in [7, 11) is 1.33. The van der Waals surface area contributed by atoms with Gasteiger partial charge in [-0.2, -0.15) is 0 Å². The number of pyridine rings is 1. The maximum absolute atomic E-state index is 12.6. The van der Waals surface area contributed by atoms with Crippen molar-refractivity contribution in [1.29, 1.82) is 0 Å². The molecule has 1 aliphatic rings. The Morgan fingerprint density at radius 2 is 1.81 bits per heavy atom. The molecular formula is C21H25N3O3. The van der Waals surface area contributed by atoms with Crippen molar-refractivity contribution in [3.8, 4) is 0 Å². The number of hydrogen-bond acceptors (Lipinski definition) is 5. The molecule has 0 aliphatic heterocycles. The second-order valence-electron chi connectivity index (χ2n) is 6.79. The molecule has 2 aromatic rings. The van der Waals surface area contributed by atoms with Gasteiger partial charge in [-0.15, -0.1) is 0 Å². The molecule has 6 nitrogen and oxygen atoms in total. The summed E-state index contributed by atoms with van der Waals surface area (Å²) in [6.07, 6.45) is 8.95. The van der Waals surface area contributed by atoms with Gasteiger partial charge in [0.15, 0.2) is 0 Å². The molecule has 0 radical (unpaired) electrons. The highest BCUT2D eigenvalue weighted by Gasteiger charge is 2.14. The Morgan fingerprint density at radius 1 is 1.04 bits per heavy atom. The van der Waals surface area contributed by atoms with Crippen LogP contribution in [0.4, 0.5) is 11.5 Å². The summed E-state index contributed by atoms with van der Waals surface area (Å²) in [5.74, 6) is 0.0334. The number of aromatic nitrogens is 1. The van der Waals surface area contributed by atoms with E-state index in [2.05, 4.69) is 15.6 Å². The lowest BCUT2D eigenvalue weighted by Gasteiger charge is -2.17. The molecule has 0 bridgehead atoms. The van der Waals surface area contributed by atoms with Crippen LogP contribution in [0.3, 0.4) is 0 Å². The van der Waals surface area contributed by atoms with Crippen LogP contribution in [0.1, 0.15) is 59.2 Å². The summed E-state index contributed by atoms with van der Waals surface area (Å²) >= 11 is 0. The first-order valence-electron chi connectivity index (χ1n) is 9.38. The molecule has 2 N–H and O–H groups in total. The largest absolute Gasteiger partial charge is 0.465 e. The van der Waals surface area contributed by atoms with E-state index in [9.17, 15) is 9.59 Å². The summed E-state index contributed by atoms with van der Waals surface area (Å²) in [4.78, 5) is 28.6. The molecule has 0 saturated heterocycles. The zero-order valence-corrected chi connectivity index (χ0v) is 15.5. The smallest absolute Gasteiger partial charge is 0.337 e. The number of hydrogen-bond donors (Lipinski definition) is 2. The Balaban J connectivity index is 1.67. The first-order valence-corrected chi connectivity index (χ1v) is 9.38. The van der Waals surface area contributed by atoms with E-state index < -0.39 is 5.97 Å². The number of ether oxygens (including phenoxy) is 1. The van der Waals surface area contributed by atoms with Crippen LogP contribution in [0, 0.1) is 0 Å². The number of carbonyl (C=O) groups is 2. The molecule has 1 saturated carbocycles. The van der Waals surface area contributed by atoms with Gasteiger partial charge in [0, 0.05) is 23.5 Å². The Morgan fingerprint density at radius 3 is 2.56 bits per heavy atom. The lowest BCUT2D eigenvalue weighted by Crippen LogP contribution is -2.20. The van der Waals surface area contributed by atoms with Crippen LogP contribution in [-0.2, 0) is 4.74 Å². The summed E-state index contributed by atoms with van der Waals surface area (Å²) in [5, 5.41) is 6.28. The standard InChI is InChI=1S/C21H25N3O3/c1-27-21(26)16-7-6-10-18(13-16)24-20(25)15-11-12-22-19(14-15)23-17-8-4-2-3-5-9-17/h6-7,10-14,17H,2-5,8-9H2,1H3,(H,22,23)(H,24,25). The molecule has 0 atom stereocenters. The van der Waals surface area contributed by atoms with Gasteiger partial charge in [0.1, 0.15) is 5.82 Å². The van der Waals surface area contributed by atoms with E-state index in [-0.39, 0.29) is 5.91 Å². The van der Waals surface area contributed by atoms with E-state index in [1.165, 1.54) is 32.8 Å². The predicted molar refractivity (Wildman–Crippen MR) is 105 cm³/mol. The molecule has 0 unspecified atom stereocenters. The zero-order valence-electron chi connectivity index (χ0n) is 15.5. The summed E-state index contributed by atoms with van der Waals surface area (Å²) < 4.78 is 4.71. The number of methoxy groups -OCH3 is 1. The predicted octanol–water partition coefficient (Wildman–Crippen LogP) is 4.26. The highest BCUT2D eigenvalue weighted by atomic mass is 16.5. The van der Waals surface area contributed by atoms with E-state index in [1.54, 1.807) is 42.6 Å². The minimum absolute atomic E-state index is 0.247. The number of nitrogens with one attached hydrogen (secondary N) is 2. The van der Waals surface area contributed by atoms with E-state index in [0.29, 0.717) is 22.9 Å². The molecule has 1 aromatic carbocycles. The Hall–Kier alpha value is -2.89. The highest BCUT2D eigenvalue weighted by Crippen LogP contribution is 2.21. The Bertz CT molecular complexity index is 799. The maximum Gasteiger partial charge on any atom is 0.337 e. The number of anilines is 2. The van der Waals surface area contributed by atoms with E-state index in [1.807, 2.05) is 0 Å². The lowest BCUT2D eigenvalue weighted by atomic mass is 10.1. The molecule has 142 valence electrons. The second kappa shape index (κ2) is 9.16. The number of nitrogens with zero attached hydrogens (tertiary/aromatic N) is 1. The fraction of sp³-hybridized carbons (Fsp3) is 0.381. The van der Waals surface area contributed by atoms with Gasteiger partial charge in [-0.3, -0.25) is 4.79 Å². The molecule has 27 heavy (non-hydrogen) atoms. The van der Waals surface area contributed by atoms with Crippen LogP contribution in [-0.4, -0.2) is 30.0 Å². The van der Waals surface area contributed by atoms with Gasteiger partial charge in [-0.25, -0.2) is 9.78 Å². The van der Waals surface area contributed by atoms with Crippen LogP contribution >= 0.6 is 0 Å². The van der Waals surface area contributed by atoms with Crippen LogP contribution in [0.2, 0.25) is 0 Å². The third-order valence-corrected chi connectivity index (χ3v) is 4.77. The Kier molecular flexibility index (Phi) is 6.41. The minimum atomic E-state index is -0.440. The molecule has 1 aromatic heterocycles. The topological polar surface area (TPSA) is 80.3 Å². The highest BCUT2D eigenvalue weighted by molar-refractivity contribution is 6.05. The van der Waals surface area contributed by atoms with Crippen molar-refractivity contribution >= 4 is 23.4 Å². The number of benzene rings is 1. The fourth-order valence-corrected chi connectivity index (χ4v) is 3.33. The Labute approximate surface area is 159 Å². The van der Waals surface area contributed by atoms with Gasteiger partial charge in [0.25, 0.3) is 5.91 Å². The number of esters is 1. The minimum Gasteiger partial charge on any atom is -0.465 e. The van der Waals surface area contributed by atoms with Crippen molar-refractivity contribution in [3.05, 3.63) is 53.7 Å². The van der Waals surface area contributed by atoms with Crippen molar-refractivity contribution in [1.82, 2.24) is 4.98 Å². The van der Waals surface area contributed by atoms with Crippen molar-refractivity contribution in [2.45, 2.75) is 44.6 Å². The normalized spacial score (nSPS) is 14.9. The molecular weight excluding hydrogens is 342 g/mol. The van der Waals surface area contributed by atoms with E-state index in [4.69, 9.17) is 4.74 Å². The average molecular weight is 367 g/mol. The monoisotopic (exact) mass is 367 g/mol. The van der Waals surface area contributed by atoms with Gasteiger partial charge in [0.2, 0.25) is 0 Å². The first kappa shape index (κ1) is 18.9.